The van der Waals surface area contributed by atoms with Gasteiger partial charge in [0.1, 0.15) is 0 Å². The third kappa shape index (κ3) is 4.83. The maximum Gasteiger partial charge on any atom is 0.227 e. The molecule has 0 unspecified atom stereocenters. The number of aryl methyl sites for hydroxylation is 1. The summed E-state index contributed by atoms with van der Waals surface area (Å²) in [5, 5.41) is 1.21. The molecule has 0 saturated carbocycles. The first kappa shape index (κ1) is 18.9. The van der Waals surface area contributed by atoms with E-state index in [0.29, 0.717) is 12.1 Å². The number of carbonyl (C=O) groups excluding carboxylic acids is 1. The van der Waals surface area contributed by atoms with Gasteiger partial charge in [0.05, 0.1) is 11.8 Å². The summed E-state index contributed by atoms with van der Waals surface area (Å²) in [5.74, 6) is -0.122. The Morgan fingerprint density at radius 1 is 1.08 bits per heavy atom. The van der Waals surface area contributed by atoms with E-state index in [2.05, 4.69) is 15.9 Å². The monoisotopic (exact) mass is 433 g/mol. The van der Waals surface area contributed by atoms with Crippen molar-refractivity contribution < 1.29 is 13.2 Å². The zero-order valence-corrected chi connectivity index (χ0v) is 16.6. The van der Waals surface area contributed by atoms with Crippen molar-refractivity contribution in [3.8, 4) is 0 Å². The molecule has 0 N–H and O–H groups in total. The number of benzene rings is 2. The number of carbonyl (C=O) groups is 1. The Kier molecular flexibility index (Phi) is 5.94. The standard InChI is InChI=1S/C20H20BrNO3S/c21-17-9-11-18(12-10-17)22(19-13-14-26(24,25)15-19)20(23)8-4-7-16-5-2-1-3-6-16/h1-3,5-6,9-14,19H,4,7-8,15H2/t19-/m0/s1. The van der Waals surface area contributed by atoms with E-state index in [4.69, 9.17) is 0 Å². The first-order chi connectivity index (χ1) is 12.4. The van der Waals surface area contributed by atoms with Crippen LogP contribution in [0.1, 0.15) is 18.4 Å². The number of sulfone groups is 1. The van der Waals surface area contributed by atoms with Gasteiger partial charge in [0.15, 0.2) is 9.84 Å². The van der Waals surface area contributed by atoms with Gasteiger partial charge in [-0.1, -0.05) is 46.3 Å². The van der Waals surface area contributed by atoms with Gasteiger partial charge in [0, 0.05) is 22.0 Å². The summed E-state index contributed by atoms with van der Waals surface area (Å²) in [6.07, 6.45) is 3.51. The lowest BCUT2D eigenvalue weighted by Gasteiger charge is -2.28. The van der Waals surface area contributed by atoms with Gasteiger partial charge in [-0.3, -0.25) is 4.79 Å². The molecule has 26 heavy (non-hydrogen) atoms. The van der Waals surface area contributed by atoms with E-state index in [1.807, 2.05) is 54.6 Å². The molecule has 1 atom stereocenters. The predicted octanol–water partition coefficient (Wildman–Crippen LogP) is 4.12. The van der Waals surface area contributed by atoms with E-state index in [9.17, 15) is 13.2 Å². The molecule has 6 heteroatoms. The Balaban J connectivity index is 1.73. The normalized spacial score (nSPS) is 18.0. The molecular formula is C20H20BrNO3S. The Morgan fingerprint density at radius 2 is 1.77 bits per heavy atom. The molecule has 0 spiro atoms. The highest BCUT2D eigenvalue weighted by atomic mass is 79.9. The molecule has 1 amide bonds. The van der Waals surface area contributed by atoms with Crippen LogP contribution in [0.25, 0.3) is 0 Å². The van der Waals surface area contributed by atoms with Crippen LogP contribution in [0.2, 0.25) is 0 Å². The summed E-state index contributed by atoms with van der Waals surface area (Å²) in [7, 11) is -3.24. The van der Waals surface area contributed by atoms with Crippen molar-refractivity contribution in [2.75, 3.05) is 10.7 Å². The van der Waals surface area contributed by atoms with Gasteiger partial charge < -0.3 is 4.90 Å². The highest BCUT2D eigenvalue weighted by molar-refractivity contribution is 9.10. The van der Waals surface area contributed by atoms with Crippen molar-refractivity contribution in [2.45, 2.75) is 25.3 Å². The van der Waals surface area contributed by atoms with Crippen LogP contribution < -0.4 is 4.90 Å². The van der Waals surface area contributed by atoms with E-state index < -0.39 is 15.9 Å². The molecule has 4 nitrogen and oxygen atoms in total. The molecule has 1 heterocycles. The van der Waals surface area contributed by atoms with Crippen LogP contribution in [-0.2, 0) is 21.1 Å². The lowest BCUT2D eigenvalue weighted by atomic mass is 10.1. The summed E-state index contributed by atoms with van der Waals surface area (Å²) in [6, 6.07) is 16.9. The van der Waals surface area contributed by atoms with Gasteiger partial charge in [-0.05, 0) is 48.7 Å². The van der Waals surface area contributed by atoms with Crippen LogP contribution in [-0.4, -0.2) is 26.1 Å². The van der Waals surface area contributed by atoms with Crippen LogP contribution in [0.5, 0.6) is 0 Å². The molecule has 3 rings (SSSR count). The van der Waals surface area contributed by atoms with Crippen molar-refractivity contribution in [3.05, 3.63) is 76.1 Å². The zero-order chi connectivity index (χ0) is 18.6. The molecular weight excluding hydrogens is 414 g/mol. The van der Waals surface area contributed by atoms with Gasteiger partial charge in [-0.15, -0.1) is 0 Å². The first-order valence-electron chi connectivity index (χ1n) is 8.47. The number of nitrogens with zero attached hydrogens (tertiary/aromatic N) is 1. The number of hydrogen-bond acceptors (Lipinski definition) is 3. The van der Waals surface area contributed by atoms with Crippen LogP contribution in [0.3, 0.4) is 0 Å². The molecule has 0 bridgehead atoms. The molecule has 0 aromatic heterocycles. The topological polar surface area (TPSA) is 54.5 Å². The van der Waals surface area contributed by atoms with Crippen molar-refractivity contribution in [1.82, 2.24) is 0 Å². The highest BCUT2D eigenvalue weighted by Crippen LogP contribution is 2.25. The second kappa shape index (κ2) is 8.18. The zero-order valence-electron chi connectivity index (χ0n) is 14.2. The molecule has 2 aromatic carbocycles. The fourth-order valence-electron chi connectivity index (χ4n) is 3.05. The third-order valence-corrected chi connectivity index (χ3v) is 6.22. The average Bonchev–Trinajstić information content (AvgIpc) is 2.97. The lowest BCUT2D eigenvalue weighted by Crippen LogP contribution is -2.41. The number of amides is 1. The molecule has 2 aromatic rings. The minimum absolute atomic E-state index is 0.0602. The Hall–Kier alpha value is -1.92. The van der Waals surface area contributed by atoms with Crippen LogP contribution >= 0.6 is 15.9 Å². The summed E-state index contributed by atoms with van der Waals surface area (Å²) >= 11 is 3.39. The van der Waals surface area contributed by atoms with E-state index in [1.54, 1.807) is 11.0 Å². The Morgan fingerprint density at radius 3 is 2.38 bits per heavy atom. The lowest BCUT2D eigenvalue weighted by molar-refractivity contribution is -0.118. The third-order valence-electron chi connectivity index (χ3n) is 4.32. The fourth-order valence-corrected chi connectivity index (χ4v) is 4.58. The van der Waals surface area contributed by atoms with Crippen molar-refractivity contribution in [3.63, 3.8) is 0 Å². The maximum absolute atomic E-state index is 12.9. The number of rotatable bonds is 6. The summed E-state index contributed by atoms with van der Waals surface area (Å²) in [6.45, 7) is 0. The van der Waals surface area contributed by atoms with Crippen LogP contribution in [0, 0.1) is 0 Å². The van der Waals surface area contributed by atoms with Crippen LogP contribution in [0.15, 0.2) is 70.6 Å². The minimum atomic E-state index is -3.24. The predicted molar refractivity (Wildman–Crippen MR) is 108 cm³/mol. The fraction of sp³-hybridized carbons (Fsp3) is 0.250. The summed E-state index contributed by atoms with van der Waals surface area (Å²) < 4.78 is 24.6. The van der Waals surface area contributed by atoms with E-state index in [1.165, 1.54) is 11.0 Å². The highest BCUT2D eigenvalue weighted by Gasteiger charge is 2.31. The molecule has 1 aliphatic heterocycles. The van der Waals surface area contributed by atoms with Gasteiger partial charge >= 0.3 is 0 Å². The average molecular weight is 434 g/mol. The first-order valence-corrected chi connectivity index (χ1v) is 11.0. The SMILES string of the molecule is O=C(CCCc1ccccc1)N(c1ccc(Br)cc1)[C@H]1C=CS(=O)(=O)C1. The molecule has 1 aliphatic rings. The maximum atomic E-state index is 12.9. The number of halogens is 1. The van der Waals surface area contributed by atoms with E-state index in [-0.39, 0.29) is 11.7 Å². The number of hydrogen-bond donors (Lipinski definition) is 0. The van der Waals surface area contributed by atoms with Crippen molar-refractivity contribution >= 4 is 37.4 Å². The molecule has 0 saturated heterocycles. The summed E-state index contributed by atoms with van der Waals surface area (Å²) in [4.78, 5) is 14.5. The molecule has 0 radical (unpaired) electrons. The van der Waals surface area contributed by atoms with E-state index in [0.717, 1.165) is 17.3 Å². The van der Waals surface area contributed by atoms with Gasteiger partial charge in [-0.2, -0.15) is 0 Å². The van der Waals surface area contributed by atoms with Gasteiger partial charge in [0.25, 0.3) is 0 Å². The summed E-state index contributed by atoms with van der Waals surface area (Å²) in [5.41, 5.74) is 1.91. The van der Waals surface area contributed by atoms with Gasteiger partial charge in [-0.25, -0.2) is 8.42 Å². The van der Waals surface area contributed by atoms with Gasteiger partial charge in [0.2, 0.25) is 5.91 Å². The van der Waals surface area contributed by atoms with E-state index >= 15 is 0 Å². The molecule has 0 fully saturated rings. The number of anilines is 1. The quantitative estimate of drug-likeness (QED) is 0.688. The minimum Gasteiger partial charge on any atom is -0.304 e. The van der Waals surface area contributed by atoms with Crippen LogP contribution in [0.4, 0.5) is 5.69 Å². The Bertz CT molecular complexity index is 892. The second-order valence-corrected chi connectivity index (χ2v) is 9.15. The molecule has 0 aliphatic carbocycles. The van der Waals surface area contributed by atoms with Crippen molar-refractivity contribution in [2.24, 2.45) is 0 Å². The Labute approximate surface area is 162 Å². The largest absolute Gasteiger partial charge is 0.304 e. The smallest absolute Gasteiger partial charge is 0.227 e. The molecule has 136 valence electrons. The second-order valence-electron chi connectivity index (χ2n) is 6.30. The van der Waals surface area contributed by atoms with Crippen molar-refractivity contribution in [1.29, 1.82) is 0 Å².